The van der Waals surface area contributed by atoms with Crippen molar-refractivity contribution in [3.8, 4) is 0 Å². The second-order valence-electron chi connectivity index (χ2n) is 8.63. The number of ketones is 1. The minimum atomic E-state index is -0.328. The molecule has 0 amide bonds. The minimum Gasteiger partial charge on any atom is -0.465 e. The number of hydrogen-bond acceptors (Lipinski definition) is 5. The highest BCUT2D eigenvalue weighted by Crippen LogP contribution is 2.44. The summed E-state index contributed by atoms with van der Waals surface area (Å²) in [6.45, 7) is 2.27. The van der Waals surface area contributed by atoms with Crippen LogP contribution in [0.5, 0.6) is 0 Å². The predicted octanol–water partition coefficient (Wildman–Crippen LogP) is 5.72. The van der Waals surface area contributed by atoms with E-state index in [0.29, 0.717) is 23.0 Å². The number of aliphatic hydroxyl groups excluding tert-OH is 1. The summed E-state index contributed by atoms with van der Waals surface area (Å²) < 4.78 is 5.90. The molecule has 2 saturated carbocycles. The lowest BCUT2D eigenvalue weighted by molar-refractivity contribution is -0.124. The first-order valence-electron chi connectivity index (χ1n) is 10.5. The fourth-order valence-corrected chi connectivity index (χ4v) is 6.51. The number of thiophene rings is 1. The van der Waals surface area contributed by atoms with Gasteiger partial charge in [-0.2, -0.15) is 0 Å². The van der Waals surface area contributed by atoms with Gasteiger partial charge in [0.05, 0.1) is 17.0 Å². The number of Topliss-reactive ketones (excluding diaryl/α,β-unsaturated/α-hetero) is 1. The molecule has 0 aromatic carbocycles. The fourth-order valence-electron chi connectivity index (χ4n) is 4.90. The van der Waals surface area contributed by atoms with Gasteiger partial charge in [0.25, 0.3) is 0 Å². The number of carbonyl (C=O) groups excluding carboxylic acids is 2. The molecule has 1 aromatic heterocycles. The van der Waals surface area contributed by atoms with E-state index in [1.54, 1.807) is 0 Å². The van der Waals surface area contributed by atoms with E-state index >= 15 is 0 Å². The summed E-state index contributed by atoms with van der Waals surface area (Å²) in [4.78, 5) is 26.1. The van der Waals surface area contributed by atoms with Crippen LogP contribution in [0.15, 0.2) is 9.85 Å². The molecule has 0 radical (unpaired) electrons. The molecule has 4 nitrogen and oxygen atoms in total. The van der Waals surface area contributed by atoms with Crippen molar-refractivity contribution < 1.29 is 19.4 Å². The summed E-state index contributed by atoms with van der Waals surface area (Å²) in [5.74, 6) is 1.25. The quantitative estimate of drug-likeness (QED) is 0.540. The highest BCUT2D eigenvalue weighted by molar-refractivity contribution is 9.11. The molecule has 1 N–H and O–H groups in total. The first kappa shape index (κ1) is 22.0. The van der Waals surface area contributed by atoms with E-state index in [1.807, 2.05) is 6.07 Å². The number of aliphatic hydroxyl groups is 1. The molecule has 1 atom stereocenters. The smallest absolute Gasteiger partial charge is 0.348 e. The van der Waals surface area contributed by atoms with Crippen LogP contribution in [0.4, 0.5) is 0 Å². The summed E-state index contributed by atoms with van der Waals surface area (Å²) in [6.07, 6.45) is 7.85. The number of rotatable bonds is 6. The Morgan fingerprint density at radius 1 is 1.18 bits per heavy atom. The number of esters is 1. The van der Waals surface area contributed by atoms with Crippen LogP contribution in [-0.2, 0) is 9.53 Å². The molecule has 3 rings (SSSR count). The third-order valence-corrected chi connectivity index (χ3v) is 8.34. The van der Waals surface area contributed by atoms with Crippen molar-refractivity contribution in [1.82, 2.24) is 0 Å². The Kier molecular flexibility index (Phi) is 7.74. The first-order chi connectivity index (χ1) is 13.4. The van der Waals surface area contributed by atoms with E-state index in [9.17, 15) is 14.7 Å². The van der Waals surface area contributed by atoms with Crippen LogP contribution in [0.2, 0.25) is 0 Å². The number of hydrogen-bond donors (Lipinski definition) is 1. The summed E-state index contributed by atoms with van der Waals surface area (Å²) in [7, 11) is 1.40. The zero-order valence-corrected chi connectivity index (χ0v) is 19.2. The Bertz CT molecular complexity index is 685. The van der Waals surface area contributed by atoms with Gasteiger partial charge >= 0.3 is 5.97 Å². The van der Waals surface area contributed by atoms with Crippen LogP contribution >= 0.6 is 27.3 Å². The van der Waals surface area contributed by atoms with E-state index in [-0.39, 0.29) is 23.9 Å². The van der Waals surface area contributed by atoms with Gasteiger partial charge in [-0.05, 0) is 83.8 Å². The predicted molar refractivity (Wildman–Crippen MR) is 115 cm³/mol. The van der Waals surface area contributed by atoms with Crippen molar-refractivity contribution in [2.24, 2.45) is 17.8 Å². The van der Waals surface area contributed by atoms with E-state index in [4.69, 9.17) is 4.74 Å². The van der Waals surface area contributed by atoms with Crippen LogP contribution in [0.3, 0.4) is 0 Å². The third-order valence-electron chi connectivity index (χ3n) is 6.70. The van der Waals surface area contributed by atoms with Crippen molar-refractivity contribution in [3.05, 3.63) is 20.3 Å². The molecule has 6 heteroatoms. The second kappa shape index (κ2) is 9.86. The van der Waals surface area contributed by atoms with Crippen molar-refractivity contribution in [2.45, 2.75) is 76.7 Å². The SMILES string of the molecule is COC(=O)c1sc(Br)cc1[C@H](CC(=O)C1CCC(C)CC1)C1CCC(O)CC1. The van der Waals surface area contributed by atoms with E-state index in [0.717, 1.165) is 66.6 Å². The summed E-state index contributed by atoms with van der Waals surface area (Å²) in [6, 6.07) is 2.00. The van der Waals surface area contributed by atoms with Crippen LogP contribution < -0.4 is 0 Å². The maximum atomic E-state index is 13.2. The third kappa shape index (κ3) is 5.25. The molecule has 2 aliphatic carbocycles. The molecule has 2 fully saturated rings. The van der Waals surface area contributed by atoms with Gasteiger partial charge in [-0.1, -0.05) is 19.8 Å². The lowest BCUT2D eigenvalue weighted by Gasteiger charge is -2.33. The largest absolute Gasteiger partial charge is 0.465 e. The maximum Gasteiger partial charge on any atom is 0.348 e. The average Bonchev–Trinajstić information content (AvgIpc) is 3.08. The van der Waals surface area contributed by atoms with Crippen LogP contribution in [0.25, 0.3) is 0 Å². The first-order valence-corrected chi connectivity index (χ1v) is 12.1. The van der Waals surface area contributed by atoms with Gasteiger partial charge < -0.3 is 9.84 Å². The van der Waals surface area contributed by atoms with Crippen LogP contribution in [0.1, 0.15) is 85.9 Å². The lowest BCUT2D eigenvalue weighted by Crippen LogP contribution is -2.28. The van der Waals surface area contributed by atoms with Crippen molar-refractivity contribution >= 4 is 39.0 Å². The maximum absolute atomic E-state index is 13.2. The van der Waals surface area contributed by atoms with Crippen molar-refractivity contribution in [1.29, 1.82) is 0 Å². The summed E-state index contributed by atoms with van der Waals surface area (Å²) in [5, 5.41) is 9.93. The number of halogens is 1. The van der Waals surface area contributed by atoms with Gasteiger partial charge in [0.15, 0.2) is 0 Å². The molecule has 1 aromatic rings. The highest BCUT2D eigenvalue weighted by Gasteiger charge is 2.35. The van der Waals surface area contributed by atoms with Gasteiger partial charge in [-0.3, -0.25) is 4.79 Å². The van der Waals surface area contributed by atoms with Gasteiger partial charge in [0.2, 0.25) is 0 Å². The van der Waals surface area contributed by atoms with Crippen molar-refractivity contribution in [3.63, 3.8) is 0 Å². The molecule has 1 heterocycles. The van der Waals surface area contributed by atoms with Gasteiger partial charge in [-0.15, -0.1) is 11.3 Å². The Hall–Kier alpha value is -0.720. The van der Waals surface area contributed by atoms with Crippen LogP contribution in [0, 0.1) is 17.8 Å². The second-order valence-corrected chi connectivity index (χ2v) is 11.1. The molecule has 0 spiro atoms. The standard InChI is InChI=1S/C22H31BrO4S/c1-13-3-5-15(6-4-13)19(25)11-17(14-7-9-16(24)10-8-14)18-12-20(23)28-21(18)22(26)27-2/h12-17,24H,3-11H2,1-2H3/t13?,14?,15?,16?,17-/m1/s1. The zero-order valence-electron chi connectivity index (χ0n) is 16.8. The Morgan fingerprint density at radius 2 is 1.82 bits per heavy atom. The van der Waals surface area contributed by atoms with Gasteiger partial charge in [0, 0.05) is 12.3 Å². The summed E-state index contributed by atoms with van der Waals surface area (Å²) >= 11 is 4.90. The molecule has 28 heavy (non-hydrogen) atoms. The highest BCUT2D eigenvalue weighted by atomic mass is 79.9. The van der Waals surface area contributed by atoms with E-state index < -0.39 is 0 Å². The average molecular weight is 471 g/mol. The molecule has 156 valence electrons. The van der Waals surface area contributed by atoms with Crippen molar-refractivity contribution in [2.75, 3.05) is 7.11 Å². The molecular formula is C22H31BrO4S. The van der Waals surface area contributed by atoms with Gasteiger partial charge in [-0.25, -0.2) is 4.79 Å². The Labute approximate surface area is 180 Å². The molecular weight excluding hydrogens is 440 g/mol. The number of methoxy groups -OCH3 is 1. The monoisotopic (exact) mass is 470 g/mol. The number of carbonyl (C=O) groups is 2. The van der Waals surface area contributed by atoms with E-state index in [1.165, 1.54) is 18.4 Å². The minimum absolute atomic E-state index is 0.0241. The topological polar surface area (TPSA) is 63.6 Å². The molecule has 0 bridgehead atoms. The Morgan fingerprint density at radius 3 is 2.43 bits per heavy atom. The molecule has 0 unspecified atom stereocenters. The Balaban J connectivity index is 1.84. The lowest BCUT2D eigenvalue weighted by atomic mass is 9.71. The normalized spacial score (nSPS) is 29.3. The zero-order chi connectivity index (χ0) is 20.3. The van der Waals surface area contributed by atoms with Gasteiger partial charge in [0.1, 0.15) is 10.7 Å². The summed E-state index contributed by atoms with van der Waals surface area (Å²) in [5.41, 5.74) is 0.947. The fraction of sp³-hybridized carbons (Fsp3) is 0.727. The molecule has 2 aliphatic rings. The van der Waals surface area contributed by atoms with Crippen LogP contribution in [-0.4, -0.2) is 30.1 Å². The molecule has 0 saturated heterocycles. The molecule has 0 aliphatic heterocycles. The number of ether oxygens (including phenoxy) is 1. The van der Waals surface area contributed by atoms with E-state index in [2.05, 4.69) is 22.9 Å².